The highest BCUT2D eigenvalue weighted by atomic mass is 19.1. The van der Waals surface area contributed by atoms with Crippen molar-refractivity contribution in [3.63, 3.8) is 0 Å². The van der Waals surface area contributed by atoms with E-state index in [1.165, 1.54) is 6.07 Å². The lowest BCUT2D eigenvalue weighted by molar-refractivity contribution is 0.103. The second-order valence-electron chi connectivity index (χ2n) is 4.08. The van der Waals surface area contributed by atoms with Crippen LogP contribution in [0.3, 0.4) is 0 Å². The van der Waals surface area contributed by atoms with Gasteiger partial charge in [-0.05, 0) is 31.0 Å². The van der Waals surface area contributed by atoms with Crippen LogP contribution in [0.1, 0.15) is 27.0 Å². The summed E-state index contributed by atoms with van der Waals surface area (Å²) in [5.41, 5.74) is 2.25. The second-order valence-corrected chi connectivity index (χ2v) is 4.08. The number of hydrogen-bond acceptors (Lipinski definition) is 1. The molecule has 0 unspecified atom stereocenters. The van der Waals surface area contributed by atoms with Crippen LogP contribution in [0.4, 0.5) is 4.39 Å². The van der Waals surface area contributed by atoms with E-state index >= 15 is 0 Å². The molecule has 0 aromatic heterocycles. The largest absolute Gasteiger partial charge is 0.288 e. The zero-order valence-corrected chi connectivity index (χ0v) is 9.83. The Morgan fingerprint density at radius 3 is 2.24 bits per heavy atom. The van der Waals surface area contributed by atoms with Crippen molar-refractivity contribution in [2.24, 2.45) is 0 Å². The number of carbonyl (C=O) groups is 1. The van der Waals surface area contributed by atoms with Gasteiger partial charge >= 0.3 is 0 Å². The van der Waals surface area contributed by atoms with Crippen LogP contribution in [0.5, 0.6) is 0 Å². The van der Waals surface area contributed by atoms with Gasteiger partial charge in [-0.25, -0.2) is 4.39 Å². The number of benzene rings is 2. The monoisotopic (exact) mass is 228 g/mol. The van der Waals surface area contributed by atoms with Crippen LogP contribution in [0.15, 0.2) is 42.5 Å². The van der Waals surface area contributed by atoms with Crippen molar-refractivity contribution in [1.82, 2.24) is 0 Å². The molecule has 0 saturated carbocycles. The standard InChI is InChI=1S/C15H13FO/c1-10-6-3-4-8-12(10)15(17)14-11(2)7-5-9-13(14)16/h3-9H,1-2H3. The van der Waals surface area contributed by atoms with E-state index in [2.05, 4.69) is 0 Å². The van der Waals surface area contributed by atoms with Crippen LogP contribution in [0, 0.1) is 19.7 Å². The molecule has 0 saturated heterocycles. The van der Waals surface area contributed by atoms with E-state index in [-0.39, 0.29) is 11.3 Å². The lowest BCUT2D eigenvalue weighted by Crippen LogP contribution is -2.08. The summed E-state index contributed by atoms with van der Waals surface area (Å²) >= 11 is 0. The molecule has 0 bridgehead atoms. The van der Waals surface area contributed by atoms with Crippen molar-refractivity contribution in [2.45, 2.75) is 13.8 Å². The Balaban J connectivity index is 2.56. The topological polar surface area (TPSA) is 17.1 Å². The highest BCUT2D eigenvalue weighted by molar-refractivity contribution is 6.10. The molecular weight excluding hydrogens is 215 g/mol. The number of rotatable bonds is 2. The van der Waals surface area contributed by atoms with E-state index in [0.717, 1.165) is 5.56 Å². The van der Waals surface area contributed by atoms with Crippen molar-refractivity contribution in [1.29, 1.82) is 0 Å². The Bertz CT molecular complexity index is 553. The fourth-order valence-corrected chi connectivity index (χ4v) is 1.88. The molecule has 17 heavy (non-hydrogen) atoms. The first-order valence-electron chi connectivity index (χ1n) is 5.46. The minimum absolute atomic E-state index is 0.168. The van der Waals surface area contributed by atoms with Gasteiger partial charge in [0.1, 0.15) is 5.82 Å². The van der Waals surface area contributed by atoms with Crippen molar-refractivity contribution >= 4 is 5.78 Å². The molecule has 0 aliphatic carbocycles. The highest BCUT2D eigenvalue weighted by Crippen LogP contribution is 2.19. The van der Waals surface area contributed by atoms with Gasteiger partial charge in [0, 0.05) is 5.56 Å². The van der Waals surface area contributed by atoms with E-state index in [1.807, 2.05) is 19.1 Å². The van der Waals surface area contributed by atoms with Gasteiger partial charge in [0.05, 0.1) is 5.56 Å². The number of carbonyl (C=O) groups excluding carboxylic acids is 1. The number of aryl methyl sites for hydroxylation is 2. The Labute approximate surface area is 99.9 Å². The summed E-state index contributed by atoms with van der Waals surface area (Å²) in [5.74, 6) is -0.711. The van der Waals surface area contributed by atoms with Crippen molar-refractivity contribution in [3.05, 3.63) is 70.5 Å². The lowest BCUT2D eigenvalue weighted by atomic mass is 9.96. The third-order valence-electron chi connectivity index (χ3n) is 2.84. The van der Waals surface area contributed by atoms with Crippen LogP contribution in [-0.4, -0.2) is 5.78 Å². The molecule has 0 aliphatic heterocycles. The van der Waals surface area contributed by atoms with Crippen LogP contribution >= 0.6 is 0 Å². The zero-order valence-electron chi connectivity index (χ0n) is 9.83. The Morgan fingerprint density at radius 1 is 0.941 bits per heavy atom. The molecule has 0 aliphatic rings. The van der Waals surface area contributed by atoms with Gasteiger partial charge in [-0.1, -0.05) is 36.4 Å². The summed E-state index contributed by atoms with van der Waals surface area (Å²) in [6, 6.07) is 11.9. The van der Waals surface area contributed by atoms with E-state index in [9.17, 15) is 9.18 Å². The first-order valence-corrected chi connectivity index (χ1v) is 5.46. The van der Waals surface area contributed by atoms with Crippen LogP contribution in [0.2, 0.25) is 0 Å². The minimum Gasteiger partial charge on any atom is -0.288 e. The predicted molar refractivity (Wildman–Crippen MR) is 65.7 cm³/mol. The molecule has 0 heterocycles. The normalized spacial score (nSPS) is 10.3. The third-order valence-corrected chi connectivity index (χ3v) is 2.84. The predicted octanol–water partition coefficient (Wildman–Crippen LogP) is 3.67. The average molecular weight is 228 g/mol. The first kappa shape index (κ1) is 11.5. The fourth-order valence-electron chi connectivity index (χ4n) is 1.88. The fraction of sp³-hybridized carbons (Fsp3) is 0.133. The molecule has 0 N–H and O–H groups in total. The van der Waals surface area contributed by atoms with Crippen LogP contribution < -0.4 is 0 Å². The quantitative estimate of drug-likeness (QED) is 0.717. The summed E-state index contributed by atoms with van der Waals surface area (Å²) in [6.07, 6.45) is 0. The Hall–Kier alpha value is -1.96. The highest BCUT2D eigenvalue weighted by Gasteiger charge is 2.17. The average Bonchev–Trinajstić information content (AvgIpc) is 2.29. The SMILES string of the molecule is Cc1ccccc1C(=O)c1c(C)cccc1F. The van der Waals surface area contributed by atoms with Gasteiger partial charge in [0.2, 0.25) is 0 Å². The van der Waals surface area contributed by atoms with E-state index in [1.54, 1.807) is 31.2 Å². The third kappa shape index (κ3) is 2.11. The molecule has 0 atom stereocenters. The van der Waals surface area contributed by atoms with E-state index < -0.39 is 5.82 Å². The molecule has 0 radical (unpaired) electrons. The Kier molecular flexibility index (Phi) is 3.05. The number of halogens is 1. The van der Waals surface area contributed by atoms with Gasteiger partial charge < -0.3 is 0 Å². The molecular formula is C15H13FO. The number of ketones is 1. The van der Waals surface area contributed by atoms with Gasteiger partial charge in [-0.15, -0.1) is 0 Å². The molecule has 0 amide bonds. The summed E-state index contributed by atoms with van der Waals surface area (Å²) in [7, 11) is 0. The Morgan fingerprint density at radius 2 is 1.59 bits per heavy atom. The van der Waals surface area contributed by atoms with Crippen molar-refractivity contribution in [3.8, 4) is 0 Å². The molecule has 2 aromatic carbocycles. The first-order chi connectivity index (χ1) is 8.11. The smallest absolute Gasteiger partial charge is 0.196 e. The second kappa shape index (κ2) is 4.50. The summed E-state index contributed by atoms with van der Waals surface area (Å²) in [6.45, 7) is 3.60. The molecule has 2 rings (SSSR count). The van der Waals surface area contributed by atoms with Crippen molar-refractivity contribution in [2.75, 3.05) is 0 Å². The van der Waals surface area contributed by atoms with Gasteiger partial charge in [0.25, 0.3) is 0 Å². The summed E-state index contributed by atoms with van der Waals surface area (Å²) < 4.78 is 13.7. The molecule has 2 heteroatoms. The van der Waals surface area contributed by atoms with Gasteiger partial charge in [-0.3, -0.25) is 4.79 Å². The maximum absolute atomic E-state index is 13.7. The summed E-state index contributed by atoms with van der Waals surface area (Å²) in [5, 5.41) is 0. The zero-order chi connectivity index (χ0) is 12.4. The molecule has 0 spiro atoms. The van der Waals surface area contributed by atoms with Crippen LogP contribution in [0.25, 0.3) is 0 Å². The van der Waals surface area contributed by atoms with Gasteiger partial charge in [0.15, 0.2) is 5.78 Å². The molecule has 0 fully saturated rings. The summed E-state index contributed by atoms with van der Waals surface area (Å²) in [4.78, 5) is 12.3. The number of hydrogen-bond donors (Lipinski definition) is 0. The minimum atomic E-state index is -0.460. The maximum atomic E-state index is 13.7. The molecule has 1 nitrogen and oxygen atoms in total. The van der Waals surface area contributed by atoms with Crippen LogP contribution in [-0.2, 0) is 0 Å². The van der Waals surface area contributed by atoms with Crippen molar-refractivity contribution < 1.29 is 9.18 Å². The van der Waals surface area contributed by atoms with E-state index in [4.69, 9.17) is 0 Å². The van der Waals surface area contributed by atoms with Gasteiger partial charge in [-0.2, -0.15) is 0 Å². The van der Waals surface area contributed by atoms with E-state index in [0.29, 0.717) is 11.1 Å². The lowest BCUT2D eigenvalue weighted by Gasteiger charge is -2.08. The maximum Gasteiger partial charge on any atom is 0.196 e. The molecule has 86 valence electrons. The molecule has 2 aromatic rings.